The average Bonchev–Trinajstić information content (AvgIpc) is 2.56. The molecule has 0 radical (unpaired) electrons. The van der Waals surface area contributed by atoms with E-state index in [9.17, 15) is 4.79 Å². The molecule has 128 valence electrons. The number of aryl methyl sites for hydroxylation is 2. The largest absolute Gasteiger partial charge is 0.481 e. The van der Waals surface area contributed by atoms with E-state index in [1.807, 2.05) is 56.3 Å². The predicted molar refractivity (Wildman–Crippen MR) is 99.8 cm³/mol. The molecule has 0 aliphatic carbocycles. The Bertz CT molecular complexity index is 689. The average molecular weight is 325 g/mol. The summed E-state index contributed by atoms with van der Waals surface area (Å²) in [7, 11) is 0. The molecule has 0 aliphatic rings. The number of nitrogens with one attached hydrogen (secondary N) is 1. The van der Waals surface area contributed by atoms with Gasteiger partial charge in [-0.15, -0.1) is 0 Å². The normalized spacial score (nSPS) is 12.1. The van der Waals surface area contributed by atoms with Crippen LogP contribution in [-0.4, -0.2) is 12.0 Å². The molecule has 2 rings (SSSR count). The summed E-state index contributed by atoms with van der Waals surface area (Å²) in [6.07, 6.45) is 0.111. The van der Waals surface area contributed by atoms with Gasteiger partial charge in [0.1, 0.15) is 5.75 Å². The zero-order chi connectivity index (χ0) is 17.7. The maximum atomic E-state index is 12.5. The molecule has 2 aromatic rings. The van der Waals surface area contributed by atoms with Crippen LogP contribution in [0.5, 0.6) is 5.75 Å². The second-order valence-corrected chi connectivity index (χ2v) is 6.53. The summed E-state index contributed by atoms with van der Waals surface area (Å²) in [6, 6.07) is 13.9. The van der Waals surface area contributed by atoms with Gasteiger partial charge in [0.15, 0.2) is 6.10 Å². The fourth-order valence-electron chi connectivity index (χ4n) is 2.45. The topological polar surface area (TPSA) is 38.3 Å². The number of anilines is 1. The minimum absolute atomic E-state index is 0.118. The van der Waals surface area contributed by atoms with Crippen LogP contribution in [0.3, 0.4) is 0 Å². The molecule has 1 atom stereocenters. The fraction of sp³-hybridized carbons (Fsp3) is 0.381. The van der Waals surface area contributed by atoms with Crippen molar-refractivity contribution in [2.75, 3.05) is 5.32 Å². The summed E-state index contributed by atoms with van der Waals surface area (Å²) in [6.45, 7) is 10.4. The molecule has 0 saturated heterocycles. The van der Waals surface area contributed by atoms with E-state index in [-0.39, 0.29) is 5.91 Å². The van der Waals surface area contributed by atoms with Crippen LogP contribution < -0.4 is 10.1 Å². The first-order valence-electron chi connectivity index (χ1n) is 8.55. The van der Waals surface area contributed by atoms with E-state index in [4.69, 9.17) is 4.74 Å². The molecule has 2 aromatic carbocycles. The Morgan fingerprint density at radius 3 is 2.25 bits per heavy atom. The smallest absolute Gasteiger partial charge is 0.265 e. The lowest BCUT2D eigenvalue weighted by molar-refractivity contribution is -0.122. The quantitative estimate of drug-likeness (QED) is 0.790. The van der Waals surface area contributed by atoms with Crippen LogP contribution in [0.15, 0.2) is 42.5 Å². The number of amides is 1. The van der Waals surface area contributed by atoms with Crippen LogP contribution in [0.1, 0.15) is 49.8 Å². The highest BCUT2D eigenvalue weighted by Crippen LogP contribution is 2.20. The standard InChI is InChI=1S/C21H27NO2/c1-6-20(24-19-12-7-15(4)16(5)13-19)21(23)22-18-10-8-17(9-11-18)14(2)3/h7-14,20H,6H2,1-5H3,(H,22,23)/t20-/m1/s1. The zero-order valence-electron chi connectivity index (χ0n) is 15.2. The summed E-state index contributed by atoms with van der Waals surface area (Å²) in [4.78, 5) is 12.5. The van der Waals surface area contributed by atoms with Crippen LogP contribution in [0, 0.1) is 13.8 Å². The van der Waals surface area contributed by atoms with Crippen molar-refractivity contribution in [3.63, 3.8) is 0 Å². The van der Waals surface area contributed by atoms with E-state index in [0.29, 0.717) is 12.3 Å². The number of carbonyl (C=O) groups excluding carboxylic acids is 1. The molecule has 0 aromatic heterocycles. The molecule has 1 N–H and O–H groups in total. The van der Waals surface area contributed by atoms with Crippen LogP contribution in [0.25, 0.3) is 0 Å². The number of benzene rings is 2. The molecule has 0 fully saturated rings. The molecule has 0 heterocycles. The third kappa shape index (κ3) is 4.60. The molecule has 3 nitrogen and oxygen atoms in total. The number of carbonyl (C=O) groups is 1. The molecule has 0 aliphatic heterocycles. The van der Waals surface area contributed by atoms with Gasteiger partial charge in [0.25, 0.3) is 5.91 Å². The van der Waals surface area contributed by atoms with Crippen LogP contribution >= 0.6 is 0 Å². The van der Waals surface area contributed by atoms with E-state index in [2.05, 4.69) is 26.1 Å². The summed E-state index contributed by atoms with van der Waals surface area (Å²) < 4.78 is 5.88. The molecule has 0 unspecified atom stereocenters. The van der Waals surface area contributed by atoms with E-state index in [1.165, 1.54) is 11.1 Å². The van der Waals surface area contributed by atoms with Crippen molar-refractivity contribution in [3.05, 3.63) is 59.2 Å². The highest BCUT2D eigenvalue weighted by molar-refractivity contribution is 5.94. The van der Waals surface area contributed by atoms with Gasteiger partial charge in [-0.05, 0) is 67.1 Å². The number of rotatable bonds is 6. The Hall–Kier alpha value is -2.29. The number of hydrogen-bond donors (Lipinski definition) is 1. The molecule has 24 heavy (non-hydrogen) atoms. The van der Waals surface area contributed by atoms with Crippen LogP contribution in [-0.2, 0) is 4.79 Å². The minimum Gasteiger partial charge on any atom is -0.481 e. The maximum absolute atomic E-state index is 12.5. The third-order valence-corrected chi connectivity index (χ3v) is 4.26. The van der Waals surface area contributed by atoms with Crippen molar-refractivity contribution in [3.8, 4) is 5.75 Å². The third-order valence-electron chi connectivity index (χ3n) is 4.26. The molecular formula is C21H27NO2. The molecule has 0 spiro atoms. The van der Waals surface area contributed by atoms with Gasteiger partial charge in [0, 0.05) is 5.69 Å². The predicted octanol–water partition coefficient (Wildman–Crippen LogP) is 5.22. The first-order valence-corrected chi connectivity index (χ1v) is 8.55. The Labute approximate surface area is 145 Å². The first-order chi connectivity index (χ1) is 11.4. The first kappa shape index (κ1) is 18.1. The lowest BCUT2D eigenvalue weighted by Crippen LogP contribution is -2.32. The molecule has 3 heteroatoms. The molecule has 0 bridgehead atoms. The fourth-order valence-corrected chi connectivity index (χ4v) is 2.45. The number of hydrogen-bond acceptors (Lipinski definition) is 2. The van der Waals surface area contributed by atoms with Crippen molar-refractivity contribution in [1.29, 1.82) is 0 Å². The SMILES string of the molecule is CC[C@@H](Oc1ccc(C)c(C)c1)C(=O)Nc1ccc(C(C)C)cc1. The minimum atomic E-state index is -0.503. The van der Waals surface area contributed by atoms with Gasteiger partial charge in [-0.25, -0.2) is 0 Å². The van der Waals surface area contributed by atoms with E-state index < -0.39 is 6.10 Å². The van der Waals surface area contributed by atoms with Crippen LogP contribution in [0.2, 0.25) is 0 Å². The highest BCUT2D eigenvalue weighted by atomic mass is 16.5. The van der Waals surface area contributed by atoms with E-state index in [1.54, 1.807) is 0 Å². The summed E-state index contributed by atoms with van der Waals surface area (Å²) >= 11 is 0. The van der Waals surface area contributed by atoms with Crippen molar-refractivity contribution in [2.45, 2.75) is 53.1 Å². The molecular weight excluding hydrogens is 298 g/mol. The molecule has 1 amide bonds. The number of ether oxygens (including phenoxy) is 1. The Morgan fingerprint density at radius 1 is 1.04 bits per heavy atom. The monoisotopic (exact) mass is 325 g/mol. The van der Waals surface area contributed by atoms with E-state index >= 15 is 0 Å². The van der Waals surface area contributed by atoms with Gasteiger partial charge in [0.2, 0.25) is 0 Å². The summed E-state index contributed by atoms with van der Waals surface area (Å²) in [5, 5.41) is 2.94. The van der Waals surface area contributed by atoms with Gasteiger partial charge in [-0.2, -0.15) is 0 Å². The molecule has 0 saturated carbocycles. The second-order valence-electron chi connectivity index (χ2n) is 6.53. The lowest BCUT2D eigenvalue weighted by atomic mass is 10.0. The van der Waals surface area contributed by atoms with Gasteiger partial charge < -0.3 is 10.1 Å². The van der Waals surface area contributed by atoms with Gasteiger partial charge in [-0.3, -0.25) is 4.79 Å². The van der Waals surface area contributed by atoms with E-state index in [0.717, 1.165) is 17.0 Å². The van der Waals surface area contributed by atoms with Crippen molar-refractivity contribution < 1.29 is 9.53 Å². The highest BCUT2D eigenvalue weighted by Gasteiger charge is 2.18. The Morgan fingerprint density at radius 2 is 1.71 bits per heavy atom. The lowest BCUT2D eigenvalue weighted by Gasteiger charge is -2.18. The Balaban J connectivity index is 2.03. The second kappa shape index (κ2) is 8.00. The van der Waals surface area contributed by atoms with Crippen molar-refractivity contribution in [2.24, 2.45) is 0 Å². The Kier molecular flexibility index (Phi) is 6.02. The van der Waals surface area contributed by atoms with Gasteiger partial charge in [-0.1, -0.05) is 39.0 Å². The van der Waals surface area contributed by atoms with Crippen molar-refractivity contribution >= 4 is 11.6 Å². The summed E-state index contributed by atoms with van der Waals surface area (Å²) in [5.41, 5.74) is 4.43. The zero-order valence-corrected chi connectivity index (χ0v) is 15.2. The van der Waals surface area contributed by atoms with Gasteiger partial charge >= 0.3 is 0 Å². The van der Waals surface area contributed by atoms with Gasteiger partial charge in [0.05, 0.1) is 0 Å². The summed E-state index contributed by atoms with van der Waals surface area (Å²) in [5.74, 6) is 1.09. The van der Waals surface area contributed by atoms with Crippen molar-refractivity contribution in [1.82, 2.24) is 0 Å². The van der Waals surface area contributed by atoms with Crippen LogP contribution in [0.4, 0.5) is 5.69 Å². The maximum Gasteiger partial charge on any atom is 0.265 e.